The first-order valence-corrected chi connectivity index (χ1v) is 6.30. The summed E-state index contributed by atoms with van der Waals surface area (Å²) in [5, 5.41) is 0. The second-order valence-corrected chi connectivity index (χ2v) is 6.21. The minimum absolute atomic E-state index is 0.929. The van der Waals surface area contributed by atoms with Crippen molar-refractivity contribution in [3.05, 3.63) is 24.3 Å². The van der Waals surface area contributed by atoms with Crippen molar-refractivity contribution in [1.82, 2.24) is 0 Å². The lowest BCUT2D eigenvalue weighted by Gasteiger charge is -2.52. The van der Waals surface area contributed by atoms with Crippen LogP contribution in [0.5, 0.6) is 0 Å². The average Bonchev–Trinajstić information content (AvgIpc) is 2.48. The Hall–Kier alpha value is -0.520. The van der Waals surface area contributed by atoms with Crippen molar-refractivity contribution >= 4 is 0 Å². The Balaban J connectivity index is 1.83. The molecule has 0 aromatic carbocycles. The van der Waals surface area contributed by atoms with Crippen molar-refractivity contribution in [2.24, 2.45) is 47.3 Å². The first-order chi connectivity index (χ1) is 6.93. The van der Waals surface area contributed by atoms with Crippen LogP contribution < -0.4 is 0 Å². The first kappa shape index (κ1) is 6.87. The molecule has 0 spiro atoms. The van der Waals surface area contributed by atoms with Crippen LogP contribution in [0.2, 0.25) is 0 Å². The molecule has 0 aliphatic heterocycles. The maximum absolute atomic E-state index is 2.60. The van der Waals surface area contributed by atoms with Gasteiger partial charge in [0.15, 0.2) is 0 Å². The normalized spacial score (nSPS) is 69.7. The van der Waals surface area contributed by atoms with Gasteiger partial charge in [0.1, 0.15) is 0 Å². The Morgan fingerprint density at radius 2 is 1.43 bits per heavy atom. The molecule has 0 saturated heterocycles. The minimum Gasteiger partial charge on any atom is -0.0848 e. The second-order valence-electron chi connectivity index (χ2n) is 6.21. The summed E-state index contributed by atoms with van der Waals surface area (Å²) in [6, 6.07) is 0. The molecule has 8 rings (SSSR count). The maximum atomic E-state index is 2.60. The molecule has 8 unspecified atom stereocenters. The van der Waals surface area contributed by atoms with Crippen LogP contribution in [0.25, 0.3) is 0 Å². The summed E-state index contributed by atoms with van der Waals surface area (Å²) in [6.07, 6.45) is 13.4. The predicted octanol–water partition coefficient (Wildman–Crippen LogP) is 2.88. The van der Waals surface area contributed by atoms with E-state index in [9.17, 15) is 0 Å². The highest BCUT2D eigenvalue weighted by molar-refractivity contribution is 5.29. The molecule has 0 aromatic heterocycles. The lowest BCUT2D eigenvalue weighted by Crippen LogP contribution is -2.48. The van der Waals surface area contributed by atoms with Gasteiger partial charge in [0.2, 0.25) is 0 Å². The monoisotopic (exact) mass is 184 g/mol. The lowest BCUT2D eigenvalue weighted by atomic mass is 9.52. The van der Waals surface area contributed by atoms with Crippen LogP contribution in [-0.2, 0) is 0 Å². The van der Waals surface area contributed by atoms with Gasteiger partial charge in [-0.1, -0.05) is 24.3 Å². The summed E-state index contributed by atoms with van der Waals surface area (Å²) in [6.45, 7) is 0. The average molecular weight is 184 g/mol. The fraction of sp³-hybridized carbons (Fsp3) is 0.714. The SMILES string of the molecule is C1=CC2C3C4C=CC5CC3C2C5CC14. The largest absolute Gasteiger partial charge is 0.0848 e. The molecule has 8 bridgehead atoms. The molecule has 4 saturated carbocycles. The maximum Gasteiger partial charge on any atom is -0.0133 e. The van der Waals surface area contributed by atoms with Gasteiger partial charge in [-0.15, -0.1) is 0 Å². The van der Waals surface area contributed by atoms with E-state index < -0.39 is 0 Å². The van der Waals surface area contributed by atoms with E-state index in [2.05, 4.69) is 24.3 Å². The van der Waals surface area contributed by atoms with Gasteiger partial charge in [-0.05, 0) is 60.2 Å². The molecular weight excluding hydrogens is 168 g/mol. The van der Waals surface area contributed by atoms with Gasteiger partial charge in [-0.3, -0.25) is 0 Å². The molecule has 0 nitrogen and oxygen atoms in total. The number of rotatable bonds is 0. The fourth-order valence-electron chi connectivity index (χ4n) is 5.76. The van der Waals surface area contributed by atoms with Crippen molar-refractivity contribution < 1.29 is 0 Å². The van der Waals surface area contributed by atoms with Gasteiger partial charge >= 0.3 is 0 Å². The zero-order chi connectivity index (χ0) is 8.86. The van der Waals surface area contributed by atoms with E-state index in [1.807, 2.05) is 0 Å². The molecule has 72 valence electrons. The van der Waals surface area contributed by atoms with Crippen LogP contribution in [0.3, 0.4) is 0 Å². The molecule has 8 aliphatic carbocycles. The molecular formula is C14H16. The van der Waals surface area contributed by atoms with E-state index in [1.54, 1.807) is 6.42 Å². The summed E-state index contributed by atoms with van der Waals surface area (Å²) in [5.74, 6) is 8.25. The zero-order valence-corrected chi connectivity index (χ0v) is 8.34. The van der Waals surface area contributed by atoms with Crippen molar-refractivity contribution in [1.29, 1.82) is 0 Å². The Morgan fingerprint density at radius 1 is 0.643 bits per heavy atom. The van der Waals surface area contributed by atoms with Crippen molar-refractivity contribution in [2.75, 3.05) is 0 Å². The standard InChI is InChI=1S/C14H16/c1-3-9-7-2-4-10-13(9)12-6-8(1)11(5-7)14(10)12/h1-4,7-14H,5-6H2. The molecule has 4 fully saturated rings. The Morgan fingerprint density at radius 3 is 2.43 bits per heavy atom. The Bertz CT molecular complexity index is 364. The summed E-state index contributed by atoms with van der Waals surface area (Å²) in [4.78, 5) is 0. The molecule has 0 N–H and O–H groups in total. The molecule has 0 aromatic rings. The van der Waals surface area contributed by atoms with Gasteiger partial charge in [-0.25, -0.2) is 0 Å². The van der Waals surface area contributed by atoms with Gasteiger partial charge in [0, 0.05) is 0 Å². The van der Waals surface area contributed by atoms with Crippen LogP contribution in [0.15, 0.2) is 24.3 Å². The van der Waals surface area contributed by atoms with E-state index >= 15 is 0 Å². The summed E-state index contributed by atoms with van der Waals surface area (Å²) >= 11 is 0. The molecule has 14 heavy (non-hydrogen) atoms. The quantitative estimate of drug-likeness (QED) is 0.508. The minimum atomic E-state index is 0.929. The molecule has 8 aliphatic rings. The smallest absolute Gasteiger partial charge is 0.0133 e. The third-order valence-corrected chi connectivity index (χ3v) is 6.11. The highest BCUT2D eigenvalue weighted by atomic mass is 14.7. The molecule has 0 heteroatoms. The highest BCUT2D eigenvalue weighted by Gasteiger charge is 2.65. The predicted molar refractivity (Wildman–Crippen MR) is 55.4 cm³/mol. The Labute approximate surface area is 85.1 Å². The molecule has 0 amide bonds. The van der Waals surface area contributed by atoms with Crippen molar-refractivity contribution in [2.45, 2.75) is 12.8 Å². The number of hydrogen-bond acceptors (Lipinski definition) is 0. The topological polar surface area (TPSA) is 0 Å². The van der Waals surface area contributed by atoms with Crippen LogP contribution in [0.1, 0.15) is 12.8 Å². The molecule has 0 heterocycles. The number of allylic oxidation sites excluding steroid dienone is 4. The lowest BCUT2D eigenvalue weighted by molar-refractivity contribution is -0.00555. The van der Waals surface area contributed by atoms with Crippen LogP contribution in [0.4, 0.5) is 0 Å². The van der Waals surface area contributed by atoms with Crippen LogP contribution in [0, 0.1) is 47.3 Å². The van der Waals surface area contributed by atoms with Gasteiger partial charge in [-0.2, -0.15) is 0 Å². The van der Waals surface area contributed by atoms with Crippen LogP contribution >= 0.6 is 0 Å². The van der Waals surface area contributed by atoms with E-state index in [0.717, 1.165) is 47.3 Å². The third-order valence-electron chi connectivity index (χ3n) is 6.11. The van der Waals surface area contributed by atoms with E-state index in [-0.39, 0.29) is 0 Å². The van der Waals surface area contributed by atoms with E-state index in [4.69, 9.17) is 0 Å². The van der Waals surface area contributed by atoms with Crippen molar-refractivity contribution in [3.8, 4) is 0 Å². The van der Waals surface area contributed by atoms with Crippen LogP contribution in [-0.4, -0.2) is 0 Å². The first-order valence-electron chi connectivity index (χ1n) is 6.30. The summed E-state index contributed by atoms with van der Waals surface area (Å²) in [7, 11) is 0. The third kappa shape index (κ3) is 0.515. The van der Waals surface area contributed by atoms with E-state index in [0.29, 0.717) is 0 Å². The zero-order valence-electron chi connectivity index (χ0n) is 8.34. The highest BCUT2D eigenvalue weighted by Crippen LogP contribution is 2.71. The molecule has 0 radical (unpaired) electrons. The van der Waals surface area contributed by atoms with Gasteiger partial charge in [0.05, 0.1) is 0 Å². The van der Waals surface area contributed by atoms with Crippen molar-refractivity contribution in [3.63, 3.8) is 0 Å². The number of hydrogen-bond donors (Lipinski definition) is 0. The Kier molecular flexibility index (Phi) is 0.929. The molecule has 8 atom stereocenters. The summed E-state index contributed by atoms with van der Waals surface area (Å²) < 4.78 is 0. The fourth-order valence-corrected chi connectivity index (χ4v) is 5.76. The summed E-state index contributed by atoms with van der Waals surface area (Å²) in [5.41, 5.74) is 0. The van der Waals surface area contributed by atoms with Gasteiger partial charge in [0.25, 0.3) is 0 Å². The van der Waals surface area contributed by atoms with Gasteiger partial charge < -0.3 is 0 Å². The van der Waals surface area contributed by atoms with E-state index in [1.165, 1.54) is 6.42 Å². The second kappa shape index (κ2) is 1.89.